The Kier molecular flexibility index (Phi) is 4.08. The first-order valence-corrected chi connectivity index (χ1v) is 8.24. The normalized spacial score (nSPS) is 13.0. The number of nitrogens with one attached hydrogen (secondary N) is 1. The van der Waals surface area contributed by atoms with Crippen LogP contribution in [0.3, 0.4) is 0 Å². The van der Waals surface area contributed by atoms with Gasteiger partial charge < -0.3 is 0 Å². The molecule has 3 N–H and O–H groups in total. The van der Waals surface area contributed by atoms with E-state index in [2.05, 4.69) is 37.5 Å². The second kappa shape index (κ2) is 5.84. The smallest absolute Gasteiger partial charge is 0.0809 e. The molecule has 110 valence electrons. The number of fused-ring (bicyclic) bond motifs is 1. The van der Waals surface area contributed by atoms with Crippen molar-refractivity contribution in [2.45, 2.75) is 19.4 Å². The maximum Gasteiger partial charge on any atom is 0.0809 e. The molecule has 0 radical (unpaired) electrons. The minimum Gasteiger partial charge on any atom is -0.271 e. The summed E-state index contributed by atoms with van der Waals surface area (Å²) in [6, 6.07) is 4.17. The van der Waals surface area contributed by atoms with E-state index >= 15 is 0 Å². The van der Waals surface area contributed by atoms with Gasteiger partial charge in [-0.05, 0) is 45.9 Å². The summed E-state index contributed by atoms with van der Waals surface area (Å²) in [5, 5.41) is 6.47. The third-order valence-electron chi connectivity index (χ3n) is 3.59. The number of rotatable bonds is 4. The molecule has 0 bridgehead atoms. The maximum atomic E-state index is 5.76. The lowest BCUT2D eigenvalue weighted by molar-refractivity contribution is 0.528. The van der Waals surface area contributed by atoms with E-state index in [0.717, 1.165) is 33.4 Å². The second-order valence-corrected chi connectivity index (χ2v) is 6.71. The average molecular weight is 366 g/mol. The summed E-state index contributed by atoms with van der Waals surface area (Å²) in [6.07, 6.45) is 2.63. The molecule has 0 fully saturated rings. The molecule has 21 heavy (non-hydrogen) atoms. The Hall–Kier alpha value is -1.28. The van der Waals surface area contributed by atoms with Gasteiger partial charge in [0.15, 0.2) is 0 Å². The molecule has 5 nitrogen and oxygen atoms in total. The Labute approximate surface area is 135 Å². The summed E-state index contributed by atoms with van der Waals surface area (Å²) in [5.74, 6) is 5.76. The molecular formula is C14H16BrN5S. The first kappa shape index (κ1) is 14.6. The molecule has 0 spiro atoms. The van der Waals surface area contributed by atoms with E-state index in [0.29, 0.717) is 0 Å². The third kappa shape index (κ3) is 2.74. The van der Waals surface area contributed by atoms with Crippen LogP contribution < -0.4 is 11.3 Å². The second-order valence-electron chi connectivity index (χ2n) is 4.97. The predicted octanol–water partition coefficient (Wildman–Crippen LogP) is 2.85. The van der Waals surface area contributed by atoms with E-state index in [1.54, 1.807) is 11.3 Å². The van der Waals surface area contributed by atoms with Gasteiger partial charge in [0, 0.05) is 19.7 Å². The highest BCUT2D eigenvalue weighted by atomic mass is 79.9. The number of halogens is 1. The molecule has 0 amide bonds. The molecule has 0 aromatic carbocycles. The Morgan fingerprint density at radius 1 is 1.52 bits per heavy atom. The van der Waals surface area contributed by atoms with Crippen molar-refractivity contribution in [1.82, 2.24) is 20.2 Å². The number of thiophene rings is 1. The molecular weight excluding hydrogens is 350 g/mol. The van der Waals surface area contributed by atoms with Crippen molar-refractivity contribution in [1.29, 1.82) is 0 Å². The van der Waals surface area contributed by atoms with Crippen molar-refractivity contribution < 1.29 is 0 Å². The van der Waals surface area contributed by atoms with Gasteiger partial charge in [-0.25, -0.2) is 0 Å². The largest absolute Gasteiger partial charge is 0.271 e. The third-order valence-corrected chi connectivity index (χ3v) is 5.47. The number of pyridine rings is 1. The lowest BCUT2D eigenvalue weighted by Crippen LogP contribution is -2.30. The van der Waals surface area contributed by atoms with Crippen molar-refractivity contribution in [3.63, 3.8) is 0 Å². The summed E-state index contributed by atoms with van der Waals surface area (Å²) in [4.78, 5) is 4.48. The molecule has 3 rings (SSSR count). The highest BCUT2D eigenvalue weighted by Gasteiger charge is 2.18. The van der Waals surface area contributed by atoms with Gasteiger partial charge in [0.05, 0.1) is 32.1 Å². The molecule has 0 saturated heterocycles. The number of aryl methyl sites for hydroxylation is 2. The summed E-state index contributed by atoms with van der Waals surface area (Å²) >= 11 is 5.29. The predicted molar refractivity (Wildman–Crippen MR) is 89.0 cm³/mol. The first-order chi connectivity index (χ1) is 10.1. The van der Waals surface area contributed by atoms with Crippen LogP contribution >= 0.6 is 27.3 Å². The summed E-state index contributed by atoms with van der Waals surface area (Å²) in [5.41, 5.74) is 7.09. The Morgan fingerprint density at radius 2 is 2.33 bits per heavy atom. The molecule has 1 unspecified atom stereocenters. The van der Waals surface area contributed by atoms with Crippen molar-refractivity contribution in [2.24, 2.45) is 12.9 Å². The van der Waals surface area contributed by atoms with Crippen LogP contribution in [-0.4, -0.2) is 14.8 Å². The van der Waals surface area contributed by atoms with E-state index in [4.69, 9.17) is 5.84 Å². The summed E-state index contributed by atoms with van der Waals surface area (Å²) < 4.78 is 4.10. The van der Waals surface area contributed by atoms with Crippen LogP contribution in [-0.2, 0) is 13.5 Å². The lowest BCUT2D eigenvalue weighted by atomic mass is 10.0. The number of hydrogen-bond donors (Lipinski definition) is 2. The number of nitrogens with zero attached hydrogens (tertiary/aromatic N) is 3. The van der Waals surface area contributed by atoms with Crippen LogP contribution in [0.15, 0.2) is 28.2 Å². The van der Waals surface area contributed by atoms with Crippen molar-refractivity contribution in [3.05, 3.63) is 45.1 Å². The van der Waals surface area contributed by atoms with Crippen LogP contribution in [0.2, 0.25) is 0 Å². The monoisotopic (exact) mass is 365 g/mol. The van der Waals surface area contributed by atoms with Crippen molar-refractivity contribution >= 4 is 37.5 Å². The Balaban J connectivity index is 1.94. The van der Waals surface area contributed by atoms with Gasteiger partial charge in [0.1, 0.15) is 0 Å². The molecule has 0 saturated carbocycles. The molecule has 1 atom stereocenters. The summed E-state index contributed by atoms with van der Waals surface area (Å²) in [6.45, 7) is 1.98. The number of aromatic nitrogens is 3. The zero-order chi connectivity index (χ0) is 15.0. The fraction of sp³-hybridized carbons (Fsp3) is 0.286. The van der Waals surface area contributed by atoms with Crippen LogP contribution in [0.5, 0.6) is 0 Å². The minimum absolute atomic E-state index is 0.00454. The van der Waals surface area contributed by atoms with E-state index in [1.165, 1.54) is 4.70 Å². The fourth-order valence-corrected chi connectivity index (χ4v) is 3.71. The zero-order valence-corrected chi connectivity index (χ0v) is 14.2. The van der Waals surface area contributed by atoms with E-state index in [-0.39, 0.29) is 6.04 Å². The van der Waals surface area contributed by atoms with E-state index in [9.17, 15) is 0 Å². The molecule has 7 heteroatoms. The van der Waals surface area contributed by atoms with E-state index in [1.807, 2.05) is 36.3 Å². The average Bonchev–Trinajstić information content (AvgIpc) is 3.03. The standard InChI is InChI=1S/C14H16BrN5S/c1-8-14(15)12(20(2)19-8)6-11(18-16)9-5-13-10(17-7-9)3-4-21-13/h3-5,7,11,18H,6,16H2,1-2H3. The van der Waals surface area contributed by atoms with Gasteiger partial charge in [-0.3, -0.25) is 20.9 Å². The van der Waals surface area contributed by atoms with Gasteiger partial charge in [-0.15, -0.1) is 11.3 Å². The first-order valence-electron chi connectivity index (χ1n) is 6.57. The number of hydrogen-bond acceptors (Lipinski definition) is 5. The molecule has 3 aromatic heterocycles. The zero-order valence-electron chi connectivity index (χ0n) is 11.8. The maximum absolute atomic E-state index is 5.76. The molecule has 0 aliphatic carbocycles. The van der Waals surface area contributed by atoms with Gasteiger partial charge in [0.2, 0.25) is 0 Å². The number of hydrazine groups is 1. The highest BCUT2D eigenvalue weighted by molar-refractivity contribution is 9.10. The van der Waals surface area contributed by atoms with Gasteiger partial charge >= 0.3 is 0 Å². The van der Waals surface area contributed by atoms with Crippen LogP contribution in [0, 0.1) is 6.92 Å². The molecule has 3 aromatic rings. The fourth-order valence-electron chi connectivity index (χ4n) is 2.42. The SMILES string of the molecule is Cc1nn(C)c(CC(NN)c2cnc3ccsc3c2)c1Br. The quantitative estimate of drug-likeness (QED) is 0.550. The number of nitrogens with two attached hydrogens (primary N) is 1. The van der Waals surface area contributed by atoms with Gasteiger partial charge in [-0.1, -0.05) is 0 Å². The van der Waals surface area contributed by atoms with Crippen LogP contribution in [0.4, 0.5) is 0 Å². The van der Waals surface area contributed by atoms with E-state index < -0.39 is 0 Å². The molecule has 0 aliphatic heterocycles. The Bertz CT molecular complexity index is 779. The van der Waals surface area contributed by atoms with Crippen molar-refractivity contribution in [3.8, 4) is 0 Å². The minimum atomic E-state index is -0.00454. The van der Waals surface area contributed by atoms with Crippen molar-refractivity contribution in [2.75, 3.05) is 0 Å². The van der Waals surface area contributed by atoms with Crippen LogP contribution in [0.25, 0.3) is 10.2 Å². The lowest BCUT2D eigenvalue weighted by Gasteiger charge is -2.16. The molecule has 3 heterocycles. The van der Waals surface area contributed by atoms with Gasteiger partial charge in [0.25, 0.3) is 0 Å². The van der Waals surface area contributed by atoms with Gasteiger partial charge in [-0.2, -0.15) is 5.10 Å². The summed E-state index contributed by atoms with van der Waals surface area (Å²) in [7, 11) is 1.95. The van der Waals surface area contributed by atoms with Crippen LogP contribution in [0.1, 0.15) is 23.0 Å². The Morgan fingerprint density at radius 3 is 3.00 bits per heavy atom. The molecule has 0 aliphatic rings. The topological polar surface area (TPSA) is 68.8 Å². The highest BCUT2D eigenvalue weighted by Crippen LogP contribution is 2.27.